The highest BCUT2D eigenvalue weighted by Crippen LogP contribution is 2.29. The molecule has 0 bridgehead atoms. The quantitative estimate of drug-likeness (QED) is 0.681. The summed E-state index contributed by atoms with van der Waals surface area (Å²) in [6.07, 6.45) is 4.17. The van der Waals surface area contributed by atoms with Crippen molar-refractivity contribution in [2.24, 2.45) is 0 Å². The van der Waals surface area contributed by atoms with Crippen LogP contribution in [0.1, 0.15) is 40.0 Å². The summed E-state index contributed by atoms with van der Waals surface area (Å²) in [7, 11) is 0. The molecule has 14 heavy (non-hydrogen) atoms. The highest BCUT2D eigenvalue weighted by molar-refractivity contribution is 4.90. The molecule has 1 aliphatic carbocycles. The molecule has 2 aliphatic rings. The molecule has 0 unspecified atom stereocenters. The van der Waals surface area contributed by atoms with Crippen molar-refractivity contribution in [1.29, 1.82) is 0 Å². The minimum absolute atomic E-state index is 0.412. The van der Waals surface area contributed by atoms with Crippen LogP contribution in [0.5, 0.6) is 0 Å². The zero-order valence-electron chi connectivity index (χ0n) is 9.92. The Morgan fingerprint density at radius 2 is 1.64 bits per heavy atom. The lowest BCUT2D eigenvalue weighted by Crippen LogP contribution is -2.54. The van der Waals surface area contributed by atoms with Crippen LogP contribution in [0.3, 0.4) is 0 Å². The highest BCUT2D eigenvalue weighted by Gasteiger charge is 2.34. The second kappa shape index (κ2) is 3.82. The van der Waals surface area contributed by atoms with Crippen LogP contribution in [0.2, 0.25) is 0 Å². The molecule has 0 radical (unpaired) electrons. The molecule has 2 nitrogen and oxygen atoms in total. The lowest BCUT2D eigenvalue weighted by atomic mass is 9.98. The average Bonchev–Trinajstić information content (AvgIpc) is 3.01. The largest absolute Gasteiger partial charge is 0.298 e. The Morgan fingerprint density at radius 3 is 2.07 bits per heavy atom. The zero-order chi connectivity index (χ0) is 10.2. The van der Waals surface area contributed by atoms with Gasteiger partial charge in [-0.2, -0.15) is 0 Å². The first-order valence-electron chi connectivity index (χ1n) is 6.12. The van der Waals surface area contributed by atoms with E-state index in [2.05, 4.69) is 30.6 Å². The molecule has 82 valence electrons. The van der Waals surface area contributed by atoms with Crippen molar-refractivity contribution in [2.75, 3.05) is 26.2 Å². The summed E-state index contributed by atoms with van der Waals surface area (Å²) in [5.41, 5.74) is 0.412. The first-order valence-corrected chi connectivity index (χ1v) is 6.12. The number of nitrogens with zero attached hydrogens (tertiary/aromatic N) is 2. The summed E-state index contributed by atoms with van der Waals surface area (Å²) in [6.45, 7) is 12.2. The summed E-state index contributed by atoms with van der Waals surface area (Å²) >= 11 is 0. The molecule has 1 saturated carbocycles. The van der Waals surface area contributed by atoms with E-state index >= 15 is 0 Å². The van der Waals surface area contributed by atoms with Gasteiger partial charge in [0.2, 0.25) is 0 Å². The maximum atomic E-state index is 2.68. The molecule has 2 fully saturated rings. The van der Waals surface area contributed by atoms with E-state index < -0.39 is 0 Å². The smallest absolute Gasteiger partial charge is 0.0151 e. The Hall–Kier alpha value is -0.0800. The van der Waals surface area contributed by atoms with Gasteiger partial charge in [-0.3, -0.25) is 9.80 Å². The molecule has 0 atom stereocenters. The SMILES string of the molecule is CCC(C)(C)N1CCN(C2CC2)CC1. The Labute approximate surface area is 88.3 Å². The van der Waals surface area contributed by atoms with Crippen molar-refractivity contribution in [3.05, 3.63) is 0 Å². The van der Waals surface area contributed by atoms with E-state index in [1.807, 2.05) is 0 Å². The van der Waals surface area contributed by atoms with E-state index in [0.29, 0.717) is 5.54 Å². The molecule has 0 aromatic heterocycles. The highest BCUT2D eigenvalue weighted by atomic mass is 15.3. The van der Waals surface area contributed by atoms with Crippen molar-refractivity contribution in [1.82, 2.24) is 9.80 Å². The van der Waals surface area contributed by atoms with Gasteiger partial charge in [-0.1, -0.05) is 6.92 Å². The third-order valence-corrected chi connectivity index (χ3v) is 4.10. The second-order valence-electron chi connectivity index (χ2n) is 5.42. The Balaban J connectivity index is 1.82. The van der Waals surface area contributed by atoms with Gasteiger partial charge in [0.15, 0.2) is 0 Å². The minimum Gasteiger partial charge on any atom is -0.298 e. The number of hydrogen-bond donors (Lipinski definition) is 0. The van der Waals surface area contributed by atoms with Gasteiger partial charge in [0.25, 0.3) is 0 Å². The molecule has 1 aliphatic heterocycles. The second-order valence-corrected chi connectivity index (χ2v) is 5.42. The Morgan fingerprint density at radius 1 is 1.07 bits per heavy atom. The third-order valence-electron chi connectivity index (χ3n) is 4.10. The van der Waals surface area contributed by atoms with E-state index in [1.165, 1.54) is 45.4 Å². The summed E-state index contributed by atoms with van der Waals surface area (Å²) in [6, 6.07) is 0.960. The molecule has 0 N–H and O–H groups in total. The number of piperazine rings is 1. The summed E-state index contributed by atoms with van der Waals surface area (Å²) < 4.78 is 0. The predicted molar refractivity (Wildman–Crippen MR) is 60.5 cm³/mol. The molecule has 0 spiro atoms. The van der Waals surface area contributed by atoms with Crippen molar-refractivity contribution in [2.45, 2.75) is 51.6 Å². The monoisotopic (exact) mass is 196 g/mol. The molecule has 0 aromatic carbocycles. The van der Waals surface area contributed by atoms with Gasteiger partial charge in [0.1, 0.15) is 0 Å². The first kappa shape index (κ1) is 10.4. The van der Waals surface area contributed by atoms with Crippen molar-refractivity contribution < 1.29 is 0 Å². The van der Waals surface area contributed by atoms with Crippen molar-refractivity contribution >= 4 is 0 Å². The number of rotatable bonds is 3. The topological polar surface area (TPSA) is 6.48 Å². The van der Waals surface area contributed by atoms with E-state index in [0.717, 1.165) is 6.04 Å². The van der Waals surface area contributed by atoms with Gasteiger partial charge in [0.05, 0.1) is 0 Å². The molecular weight excluding hydrogens is 172 g/mol. The average molecular weight is 196 g/mol. The van der Waals surface area contributed by atoms with Crippen LogP contribution in [-0.4, -0.2) is 47.6 Å². The molecule has 0 aromatic rings. The van der Waals surface area contributed by atoms with Crippen LogP contribution in [0, 0.1) is 0 Å². The number of hydrogen-bond acceptors (Lipinski definition) is 2. The minimum atomic E-state index is 0.412. The van der Waals surface area contributed by atoms with Gasteiger partial charge < -0.3 is 0 Å². The van der Waals surface area contributed by atoms with Crippen LogP contribution in [-0.2, 0) is 0 Å². The molecule has 1 saturated heterocycles. The Kier molecular flexibility index (Phi) is 2.85. The van der Waals surface area contributed by atoms with Crippen LogP contribution in [0.15, 0.2) is 0 Å². The van der Waals surface area contributed by atoms with E-state index in [9.17, 15) is 0 Å². The normalized spacial score (nSPS) is 26.8. The van der Waals surface area contributed by atoms with Gasteiger partial charge in [-0.15, -0.1) is 0 Å². The van der Waals surface area contributed by atoms with Gasteiger partial charge in [-0.25, -0.2) is 0 Å². The third kappa shape index (κ3) is 2.12. The van der Waals surface area contributed by atoms with Crippen LogP contribution in [0.4, 0.5) is 0 Å². The maximum Gasteiger partial charge on any atom is 0.0151 e. The fourth-order valence-corrected chi connectivity index (χ4v) is 2.36. The molecule has 2 heteroatoms. The molecule has 0 amide bonds. The van der Waals surface area contributed by atoms with Crippen LogP contribution >= 0.6 is 0 Å². The van der Waals surface area contributed by atoms with Gasteiger partial charge in [-0.05, 0) is 33.1 Å². The van der Waals surface area contributed by atoms with Gasteiger partial charge >= 0.3 is 0 Å². The fourth-order valence-electron chi connectivity index (χ4n) is 2.36. The maximum absolute atomic E-state index is 2.68. The summed E-state index contributed by atoms with van der Waals surface area (Å²) in [5.74, 6) is 0. The van der Waals surface area contributed by atoms with Crippen molar-refractivity contribution in [3.63, 3.8) is 0 Å². The predicted octanol–water partition coefficient (Wildman–Crippen LogP) is 1.96. The van der Waals surface area contributed by atoms with Crippen LogP contribution < -0.4 is 0 Å². The molecule has 2 rings (SSSR count). The van der Waals surface area contributed by atoms with E-state index in [1.54, 1.807) is 0 Å². The first-order chi connectivity index (χ1) is 6.63. The summed E-state index contributed by atoms with van der Waals surface area (Å²) in [5, 5.41) is 0. The molecular formula is C12H24N2. The standard InChI is InChI=1S/C12H24N2/c1-4-12(2,3)14-9-7-13(8-10-14)11-5-6-11/h11H,4-10H2,1-3H3. The summed E-state index contributed by atoms with van der Waals surface area (Å²) in [4.78, 5) is 5.34. The lowest BCUT2D eigenvalue weighted by Gasteiger charge is -2.44. The fraction of sp³-hybridized carbons (Fsp3) is 1.00. The van der Waals surface area contributed by atoms with Crippen LogP contribution in [0.25, 0.3) is 0 Å². The van der Waals surface area contributed by atoms with E-state index in [-0.39, 0.29) is 0 Å². The van der Waals surface area contributed by atoms with Gasteiger partial charge in [0, 0.05) is 37.8 Å². The zero-order valence-corrected chi connectivity index (χ0v) is 9.92. The lowest BCUT2D eigenvalue weighted by molar-refractivity contribution is 0.0469. The molecule has 1 heterocycles. The van der Waals surface area contributed by atoms with Crippen molar-refractivity contribution in [3.8, 4) is 0 Å². The van der Waals surface area contributed by atoms with E-state index in [4.69, 9.17) is 0 Å². The Bertz CT molecular complexity index is 188.